The minimum absolute atomic E-state index is 0.0700. The molecule has 0 aliphatic rings. The average molecular weight is 189 g/mol. The van der Waals surface area contributed by atoms with Gasteiger partial charge in [0.1, 0.15) is 6.54 Å². The Labute approximate surface area is 79.6 Å². The number of carbonyl (C=O) groups excluding carboxylic acids is 1. The average Bonchev–Trinajstić information content (AvgIpc) is 1.96. The molecule has 0 bridgehead atoms. The lowest BCUT2D eigenvalue weighted by Gasteiger charge is -2.09. The molecule has 0 amide bonds. The van der Waals surface area contributed by atoms with E-state index in [1.54, 1.807) is 0 Å². The van der Waals surface area contributed by atoms with Crippen LogP contribution in [0.3, 0.4) is 0 Å². The van der Waals surface area contributed by atoms with Gasteiger partial charge in [0.05, 0.1) is 12.7 Å². The van der Waals surface area contributed by atoms with Gasteiger partial charge in [-0.2, -0.15) is 5.48 Å². The number of nitrogens with one attached hydrogen (secondary N) is 1. The Bertz CT molecular complexity index is 146. The normalized spacial score (nSPS) is 10.9. The third kappa shape index (κ3) is 9.30. The van der Waals surface area contributed by atoms with E-state index in [0.717, 1.165) is 0 Å². The molecule has 0 unspecified atom stereocenters. The van der Waals surface area contributed by atoms with E-state index in [1.807, 2.05) is 27.7 Å². The van der Waals surface area contributed by atoms with Crippen LogP contribution in [0.4, 0.5) is 0 Å². The third-order valence-electron chi connectivity index (χ3n) is 1.10. The lowest BCUT2D eigenvalue weighted by Crippen LogP contribution is -2.27. The van der Waals surface area contributed by atoms with Gasteiger partial charge in [-0.05, 0) is 19.8 Å². The Morgan fingerprint density at radius 3 is 2.38 bits per heavy atom. The van der Waals surface area contributed by atoms with Gasteiger partial charge in [0.25, 0.3) is 0 Å². The molecule has 0 rings (SSSR count). The maximum absolute atomic E-state index is 10.9. The van der Waals surface area contributed by atoms with Gasteiger partial charge in [-0.25, -0.2) is 0 Å². The summed E-state index contributed by atoms with van der Waals surface area (Å²) in [5.74, 6) is 0.160. The fraction of sp³-hybridized carbons (Fsp3) is 0.889. The number of carbonyl (C=O) groups is 1. The first-order valence-electron chi connectivity index (χ1n) is 4.56. The molecule has 0 spiro atoms. The van der Waals surface area contributed by atoms with Crippen LogP contribution in [0.25, 0.3) is 0 Å². The summed E-state index contributed by atoms with van der Waals surface area (Å²) >= 11 is 0. The Morgan fingerprint density at radius 2 is 1.92 bits per heavy atom. The molecule has 78 valence electrons. The zero-order valence-electron chi connectivity index (χ0n) is 8.79. The van der Waals surface area contributed by atoms with Crippen molar-refractivity contribution in [1.29, 1.82) is 0 Å². The van der Waals surface area contributed by atoms with Crippen molar-refractivity contribution in [1.82, 2.24) is 5.48 Å². The molecule has 0 saturated carbocycles. The summed E-state index contributed by atoms with van der Waals surface area (Å²) < 4.78 is 4.88. The van der Waals surface area contributed by atoms with Crippen LogP contribution in [-0.4, -0.2) is 25.2 Å². The van der Waals surface area contributed by atoms with E-state index < -0.39 is 0 Å². The van der Waals surface area contributed by atoms with Crippen molar-refractivity contribution in [2.75, 3.05) is 13.2 Å². The highest BCUT2D eigenvalue weighted by Gasteiger charge is 2.04. The van der Waals surface area contributed by atoms with Crippen LogP contribution in [0.5, 0.6) is 0 Å². The number of ether oxygens (including phenoxy) is 1. The predicted molar refractivity (Wildman–Crippen MR) is 50.0 cm³/mol. The van der Waals surface area contributed by atoms with Crippen LogP contribution in [0.15, 0.2) is 0 Å². The molecule has 0 heterocycles. The standard InChI is InChI=1S/C9H19NO3/c1-7(2)6-12-10-5-9(11)13-8(3)4/h7-8,10H,5-6H2,1-4H3. The van der Waals surface area contributed by atoms with Gasteiger partial charge in [-0.3, -0.25) is 4.79 Å². The van der Waals surface area contributed by atoms with Crippen LogP contribution >= 0.6 is 0 Å². The fourth-order valence-electron chi connectivity index (χ4n) is 0.640. The number of rotatable bonds is 6. The Hall–Kier alpha value is -0.610. The summed E-state index contributed by atoms with van der Waals surface area (Å²) in [5, 5.41) is 0. The summed E-state index contributed by atoms with van der Waals surface area (Å²) in [6, 6.07) is 0. The third-order valence-corrected chi connectivity index (χ3v) is 1.10. The summed E-state index contributed by atoms with van der Waals surface area (Å²) in [7, 11) is 0. The maximum atomic E-state index is 10.9. The highest BCUT2D eigenvalue weighted by atomic mass is 16.6. The Morgan fingerprint density at radius 1 is 1.31 bits per heavy atom. The smallest absolute Gasteiger partial charge is 0.322 e. The van der Waals surface area contributed by atoms with E-state index in [0.29, 0.717) is 12.5 Å². The Kier molecular flexibility index (Phi) is 6.54. The molecule has 0 radical (unpaired) electrons. The zero-order chi connectivity index (χ0) is 10.3. The molecule has 0 aromatic heterocycles. The second kappa shape index (κ2) is 6.86. The van der Waals surface area contributed by atoms with Crippen molar-refractivity contribution in [2.45, 2.75) is 33.8 Å². The van der Waals surface area contributed by atoms with Crippen LogP contribution in [-0.2, 0) is 14.4 Å². The van der Waals surface area contributed by atoms with Crippen molar-refractivity contribution < 1.29 is 14.4 Å². The monoisotopic (exact) mass is 189 g/mol. The molecule has 13 heavy (non-hydrogen) atoms. The van der Waals surface area contributed by atoms with Crippen molar-refractivity contribution in [3.05, 3.63) is 0 Å². The molecule has 0 fully saturated rings. The molecule has 4 heteroatoms. The first-order chi connectivity index (χ1) is 6.02. The molecule has 0 aromatic rings. The predicted octanol–water partition coefficient (Wildman–Crippen LogP) is 1.12. The van der Waals surface area contributed by atoms with Gasteiger partial charge >= 0.3 is 5.97 Å². The van der Waals surface area contributed by atoms with Crippen molar-refractivity contribution in [3.63, 3.8) is 0 Å². The molecular weight excluding hydrogens is 170 g/mol. The second-order valence-corrected chi connectivity index (χ2v) is 3.56. The lowest BCUT2D eigenvalue weighted by atomic mass is 10.2. The largest absolute Gasteiger partial charge is 0.462 e. The SMILES string of the molecule is CC(C)CONCC(=O)OC(C)C. The van der Waals surface area contributed by atoms with Crippen molar-refractivity contribution >= 4 is 5.97 Å². The van der Waals surface area contributed by atoms with Gasteiger partial charge in [-0.1, -0.05) is 13.8 Å². The number of esters is 1. The topological polar surface area (TPSA) is 47.6 Å². The first kappa shape index (κ1) is 12.4. The minimum Gasteiger partial charge on any atom is -0.462 e. The van der Waals surface area contributed by atoms with E-state index >= 15 is 0 Å². The first-order valence-corrected chi connectivity index (χ1v) is 4.56. The number of hydrogen-bond acceptors (Lipinski definition) is 4. The van der Waals surface area contributed by atoms with Gasteiger partial charge in [0.15, 0.2) is 0 Å². The van der Waals surface area contributed by atoms with E-state index in [9.17, 15) is 4.79 Å². The Balaban J connectivity index is 3.27. The molecule has 0 aliphatic carbocycles. The fourth-order valence-corrected chi connectivity index (χ4v) is 0.640. The second-order valence-electron chi connectivity index (χ2n) is 3.56. The van der Waals surface area contributed by atoms with Gasteiger partial charge in [-0.15, -0.1) is 0 Å². The summed E-state index contributed by atoms with van der Waals surface area (Å²) in [4.78, 5) is 15.9. The summed E-state index contributed by atoms with van der Waals surface area (Å²) in [5.41, 5.74) is 2.55. The number of hydroxylamine groups is 1. The van der Waals surface area contributed by atoms with E-state index in [-0.39, 0.29) is 18.6 Å². The van der Waals surface area contributed by atoms with E-state index in [4.69, 9.17) is 9.57 Å². The molecule has 0 aromatic carbocycles. The van der Waals surface area contributed by atoms with Crippen LogP contribution in [0.2, 0.25) is 0 Å². The lowest BCUT2D eigenvalue weighted by molar-refractivity contribution is -0.149. The minimum atomic E-state index is -0.293. The van der Waals surface area contributed by atoms with Gasteiger partial charge < -0.3 is 9.57 Å². The highest BCUT2D eigenvalue weighted by Crippen LogP contribution is 1.90. The van der Waals surface area contributed by atoms with E-state index in [2.05, 4.69) is 5.48 Å². The van der Waals surface area contributed by atoms with Gasteiger partial charge in [0, 0.05) is 0 Å². The molecular formula is C9H19NO3. The quantitative estimate of drug-likeness (QED) is 0.386. The highest BCUT2D eigenvalue weighted by molar-refractivity contribution is 5.71. The molecule has 1 N–H and O–H groups in total. The van der Waals surface area contributed by atoms with Crippen molar-refractivity contribution in [3.8, 4) is 0 Å². The number of hydrogen-bond donors (Lipinski definition) is 1. The molecule has 4 nitrogen and oxygen atoms in total. The molecule has 0 aliphatic heterocycles. The van der Waals surface area contributed by atoms with Crippen molar-refractivity contribution in [2.24, 2.45) is 5.92 Å². The summed E-state index contributed by atoms with van der Waals surface area (Å²) in [6.45, 7) is 8.39. The van der Waals surface area contributed by atoms with Crippen LogP contribution in [0.1, 0.15) is 27.7 Å². The molecule has 0 atom stereocenters. The summed E-state index contributed by atoms with van der Waals surface area (Å²) in [6.07, 6.45) is -0.0700. The van der Waals surface area contributed by atoms with E-state index in [1.165, 1.54) is 0 Å². The zero-order valence-corrected chi connectivity index (χ0v) is 8.79. The molecule has 0 saturated heterocycles. The van der Waals surface area contributed by atoms with Crippen LogP contribution < -0.4 is 5.48 Å². The maximum Gasteiger partial charge on any atom is 0.322 e. The van der Waals surface area contributed by atoms with Crippen LogP contribution in [0, 0.1) is 5.92 Å². The van der Waals surface area contributed by atoms with Gasteiger partial charge in [0.2, 0.25) is 0 Å².